The Bertz CT molecular complexity index is 1450. The highest BCUT2D eigenvalue weighted by Gasteiger charge is 2.35. The maximum Gasteiger partial charge on any atom is 0.269 e. The maximum atomic E-state index is 13.4. The molecule has 2 aromatic heterocycles. The van der Waals surface area contributed by atoms with E-state index in [1.54, 1.807) is 0 Å². The lowest BCUT2D eigenvalue weighted by Gasteiger charge is -2.24. The van der Waals surface area contributed by atoms with Gasteiger partial charge in [-0.25, -0.2) is 0 Å². The molecule has 1 N–H and O–H groups in total. The number of rotatable bonds is 6. The number of carbonyl (C=O) groups is 2. The topological polar surface area (TPSA) is 80.1 Å². The predicted molar refractivity (Wildman–Crippen MR) is 151 cm³/mol. The number of carbonyl (C=O) groups excluding carboxylic acids is 2. The third-order valence-corrected chi connectivity index (χ3v) is 9.11. The number of fused-ring (bicyclic) bond motifs is 5. The second-order valence-corrected chi connectivity index (χ2v) is 11.5. The Hall–Kier alpha value is -3.58. The van der Waals surface area contributed by atoms with Gasteiger partial charge in [-0.1, -0.05) is 36.8 Å². The highest BCUT2D eigenvalue weighted by Crippen LogP contribution is 2.37. The van der Waals surface area contributed by atoms with Crippen molar-refractivity contribution < 1.29 is 9.59 Å². The largest absolute Gasteiger partial charge is 0.349 e. The van der Waals surface area contributed by atoms with Crippen molar-refractivity contribution in [3.63, 3.8) is 0 Å². The van der Waals surface area contributed by atoms with Crippen LogP contribution in [0, 0.1) is 11.8 Å². The van der Waals surface area contributed by atoms with E-state index in [4.69, 9.17) is 5.10 Å². The number of nitrogens with zero attached hydrogens (tertiary/aromatic N) is 4. The van der Waals surface area contributed by atoms with Gasteiger partial charge in [0.15, 0.2) is 5.78 Å². The van der Waals surface area contributed by atoms with Gasteiger partial charge in [0.25, 0.3) is 5.91 Å². The van der Waals surface area contributed by atoms with Crippen molar-refractivity contribution in [2.45, 2.75) is 51.5 Å². The van der Waals surface area contributed by atoms with Gasteiger partial charge in [0.1, 0.15) is 5.69 Å². The van der Waals surface area contributed by atoms with Crippen LogP contribution in [0.2, 0.25) is 0 Å². The summed E-state index contributed by atoms with van der Waals surface area (Å²) in [6.07, 6.45) is 13.6. The van der Waals surface area contributed by atoms with Crippen LogP contribution in [-0.4, -0.2) is 57.5 Å². The van der Waals surface area contributed by atoms with E-state index in [9.17, 15) is 9.59 Å². The molecule has 1 unspecified atom stereocenters. The van der Waals surface area contributed by atoms with Crippen molar-refractivity contribution in [2.24, 2.45) is 11.8 Å². The average Bonchev–Trinajstić information content (AvgIpc) is 3.73. The molecule has 4 aliphatic rings. The Labute approximate surface area is 229 Å². The lowest BCUT2D eigenvalue weighted by Crippen LogP contribution is -2.36. The third-order valence-electron chi connectivity index (χ3n) is 9.11. The smallest absolute Gasteiger partial charge is 0.269 e. The lowest BCUT2D eigenvalue weighted by molar-refractivity contribution is 0.0872. The second kappa shape index (κ2) is 10.2. The van der Waals surface area contributed by atoms with Gasteiger partial charge in [0.05, 0.1) is 17.9 Å². The molecule has 2 aliphatic carbocycles. The van der Waals surface area contributed by atoms with E-state index in [-0.39, 0.29) is 11.8 Å². The summed E-state index contributed by atoms with van der Waals surface area (Å²) in [6.45, 7) is 4.80. The number of aromatic nitrogens is 3. The maximum absolute atomic E-state index is 13.4. The molecule has 39 heavy (non-hydrogen) atoms. The first-order chi connectivity index (χ1) is 19.1. The van der Waals surface area contributed by atoms with Crippen LogP contribution in [0.3, 0.4) is 0 Å². The van der Waals surface area contributed by atoms with Gasteiger partial charge in [-0.15, -0.1) is 0 Å². The first-order valence-corrected chi connectivity index (χ1v) is 14.6. The molecular weight excluding hydrogens is 486 g/mol. The number of ketones is 1. The minimum absolute atomic E-state index is 0.0235. The van der Waals surface area contributed by atoms with Crippen molar-refractivity contribution in [2.75, 3.05) is 26.2 Å². The van der Waals surface area contributed by atoms with Gasteiger partial charge < -0.3 is 10.2 Å². The normalized spacial score (nSPS) is 22.5. The first kappa shape index (κ1) is 24.5. The molecule has 2 atom stereocenters. The van der Waals surface area contributed by atoms with E-state index in [0.29, 0.717) is 30.5 Å². The molecule has 200 valence electrons. The van der Waals surface area contributed by atoms with Crippen molar-refractivity contribution in [3.05, 3.63) is 70.2 Å². The number of hydrogen-bond donors (Lipinski definition) is 1. The van der Waals surface area contributed by atoms with E-state index < -0.39 is 0 Å². The second-order valence-electron chi connectivity index (χ2n) is 11.5. The molecule has 4 heterocycles. The molecule has 7 rings (SSSR count). The average molecular weight is 522 g/mol. The first-order valence-electron chi connectivity index (χ1n) is 14.6. The SMILES string of the molecule is O=C1NCCn2nc3c(c21)CCc1cnc(/C=C/c2ccc(C(=O)C4CCC[C@H]4CN4CCCC4)cc2)cc1-3. The quantitative estimate of drug-likeness (QED) is 0.478. The number of aryl methyl sites for hydroxylation is 1. The number of Topliss-reactive ketones (excluding diaryl/α,β-unsaturated/α-hetero) is 1. The minimum Gasteiger partial charge on any atom is -0.349 e. The molecule has 1 aromatic carbocycles. The highest BCUT2D eigenvalue weighted by atomic mass is 16.2. The standard InChI is InChI=1S/C32H35N5O2/c38-31(26-5-3-4-24(26)20-36-15-1-2-16-36)22-9-6-21(7-10-22)8-12-25-18-28-23(19-34-25)11-13-27-29(28)35-37-17-14-33-32(39)30(27)37/h6-10,12,18-19,24,26H,1-5,11,13-17,20H2,(H,33,39)/b12-8+/t24-,26?/m0/s1. The predicted octanol–water partition coefficient (Wildman–Crippen LogP) is 4.65. The van der Waals surface area contributed by atoms with E-state index in [1.807, 2.05) is 47.3 Å². The van der Waals surface area contributed by atoms with E-state index in [1.165, 1.54) is 44.3 Å². The highest BCUT2D eigenvalue weighted by molar-refractivity contribution is 5.98. The van der Waals surface area contributed by atoms with Gasteiger partial charge in [-0.05, 0) is 80.8 Å². The van der Waals surface area contributed by atoms with Crippen LogP contribution in [0.1, 0.15) is 75.3 Å². The molecule has 7 heteroatoms. The molecule has 3 aromatic rings. The summed E-state index contributed by atoms with van der Waals surface area (Å²) in [5.41, 5.74) is 7.65. The fraction of sp³-hybridized carbons (Fsp3) is 0.438. The lowest BCUT2D eigenvalue weighted by atomic mass is 9.87. The number of benzene rings is 1. The van der Waals surface area contributed by atoms with Crippen LogP contribution in [0.15, 0.2) is 36.5 Å². The van der Waals surface area contributed by atoms with Crippen LogP contribution in [0.5, 0.6) is 0 Å². The number of hydrogen-bond acceptors (Lipinski definition) is 5. The summed E-state index contributed by atoms with van der Waals surface area (Å²) < 4.78 is 1.86. The molecule has 2 fully saturated rings. The number of amides is 1. The van der Waals surface area contributed by atoms with Gasteiger partial charge in [0.2, 0.25) is 0 Å². The van der Waals surface area contributed by atoms with Crippen molar-refractivity contribution >= 4 is 23.8 Å². The van der Waals surface area contributed by atoms with Crippen LogP contribution < -0.4 is 5.32 Å². The Morgan fingerprint density at radius 2 is 1.87 bits per heavy atom. The molecular formula is C32H35N5O2. The monoisotopic (exact) mass is 521 g/mol. The summed E-state index contributed by atoms with van der Waals surface area (Å²) >= 11 is 0. The Morgan fingerprint density at radius 1 is 1.03 bits per heavy atom. The third kappa shape index (κ3) is 4.63. The summed E-state index contributed by atoms with van der Waals surface area (Å²) in [7, 11) is 0. The molecule has 0 bridgehead atoms. The Balaban J connectivity index is 1.06. The molecule has 2 aliphatic heterocycles. The van der Waals surface area contributed by atoms with Crippen LogP contribution >= 0.6 is 0 Å². The minimum atomic E-state index is -0.0235. The molecule has 7 nitrogen and oxygen atoms in total. The summed E-state index contributed by atoms with van der Waals surface area (Å²) in [5, 5.41) is 7.75. The number of likely N-dealkylation sites (tertiary alicyclic amines) is 1. The molecule has 1 saturated heterocycles. The van der Waals surface area contributed by atoms with Crippen LogP contribution in [0.4, 0.5) is 0 Å². The molecule has 1 amide bonds. The Kier molecular flexibility index (Phi) is 6.39. The molecule has 0 radical (unpaired) electrons. The van der Waals surface area contributed by atoms with Gasteiger partial charge >= 0.3 is 0 Å². The number of nitrogens with one attached hydrogen (secondary N) is 1. The summed E-state index contributed by atoms with van der Waals surface area (Å²) in [4.78, 5) is 33.1. The summed E-state index contributed by atoms with van der Waals surface area (Å²) in [5.74, 6) is 0.956. The zero-order chi connectivity index (χ0) is 26.3. The molecule has 0 spiro atoms. The van der Waals surface area contributed by atoms with Gasteiger partial charge in [-0.3, -0.25) is 19.3 Å². The zero-order valence-electron chi connectivity index (χ0n) is 22.4. The van der Waals surface area contributed by atoms with E-state index in [0.717, 1.165) is 59.4 Å². The van der Waals surface area contributed by atoms with Crippen LogP contribution in [-0.2, 0) is 19.4 Å². The Morgan fingerprint density at radius 3 is 2.72 bits per heavy atom. The van der Waals surface area contributed by atoms with Crippen molar-refractivity contribution in [3.8, 4) is 11.3 Å². The fourth-order valence-corrected chi connectivity index (χ4v) is 7.05. The van der Waals surface area contributed by atoms with E-state index >= 15 is 0 Å². The van der Waals surface area contributed by atoms with Gasteiger partial charge in [0, 0.05) is 41.9 Å². The fourth-order valence-electron chi connectivity index (χ4n) is 7.05. The van der Waals surface area contributed by atoms with Crippen molar-refractivity contribution in [1.29, 1.82) is 0 Å². The number of pyridine rings is 1. The van der Waals surface area contributed by atoms with Gasteiger partial charge in [-0.2, -0.15) is 5.10 Å². The zero-order valence-corrected chi connectivity index (χ0v) is 22.4. The van der Waals surface area contributed by atoms with E-state index in [2.05, 4.69) is 21.3 Å². The molecule has 1 saturated carbocycles. The van der Waals surface area contributed by atoms with Crippen LogP contribution in [0.25, 0.3) is 23.4 Å². The summed E-state index contributed by atoms with van der Waals surface area (Å²) in [6, 6.07) is 10.1. The van der Waals surface area contributed by atoms with Crippen molar-refractivity contribution in [1.82, 2.24) is 25.0 Å².